The number of amides is 1. The van der Waals surface area contributed by atoms with E-state index in [-0.39, 0.29) is 5.91 Å². The second kappa shape index (κ2) is 5.29. The molecule has 1 aliphatic heterocycles. The van der Waals surface area contributed by atoms with Crippen molar-refractivity contribution in [3.05, 3.63) is 35.7 Å². The summed E-state index contributed by atoms with van der Waals surface area (Å²) < 4.78 is 5.18. The molecule has 6 heteroatoms. The Hall–Kier alpha value is -2.63. The molecule has 1 aromatic carbocycles. The lowest BCUT2D eigenvalue weighted by atomic mass is 10.0. The zero-order valence-corrected chi connectivity index (χ0v) is 12.4. The summed E-state index contributed by atoms with van der Waals surface area (Å²) in [5.41, 5.74) is 3.29. The number of anilines is 1. The van der Waals surface area contributed by atoms with Gasteiger partial charge in [-0.3, -0.25) is 9.59 Å². The summed E-state index contributed by atoms with van der Waals surface area (Å²) in [5, 5.41) is 13.0. The first kappa shape index (κ1) is 14.3. The number of carbonyl (C=O) groups excluding carboxylic acids is 1. The third-order valence-electron chi connectivity index (χ3n) is 3.98. The molecule has 3 rings (SSSR count). The van der Waals surface area contributed by atoms with Crippen LogP contribution in [0.2, 0.25) is 0 Å². The minimum atomic E-state index is -1.06. The van der Waals surface area contributed by atoms with Crippen LogP contribution in [-0.4, -0.2) is 28.7 Å². The van der Waals surface area contributed by atoms with Crippen molar-refractivity contribution >= 4 is 17.6 Å². The van der Waals surface area contributed by atoms with Gasteiger partial charge in [0.05, 0.1) is 5.69 Å². The summed E-state index contributed by atoms with van der Waals surface area (Å²) in [7, 11) is 0. The number of carbonyl (C=O) groups is 2. The zero-order chi connectivity index (χ0) is 15.9. The molecule has 0 saturated carbocycles. The maximum absolute atomic E-state index is 12.2. The number of rotatable bonds is 3. The maximum Gasteiger partial charge on any atom is 0.316 e. The summed E-state index contributed by atoms with van der Waals surface area (Å²) in [4.78, 5) is 24.8. The number of benzene rings is 1. The molecule has 0 radical (unpaired) electrons. The van der Waals surface area contributed by atoms with Gasteiger partial charge in [0.25, 0.3) is 0 Å². The van der Waals surface area contributed by atoms with Crippen LogP contribution >= 0.6 is 0 Å². The van der Waals surface area contributed by atoms with E-state index in [0.29, 0.717) is 24.4 Å². The van der Waals surface area contributed by atoms with E-state index in [1.54, 1.807) is 0 Å². The number of nitrogens with zero attached hydrogens (tertiary/aromatic N) is 2. The fraction of sp³-hybridized carbons (Fsp3) is 0.312. The minimum Gasteiger partial charge on any atom is -0.481 e. The molecule has 22 heavy (non-hydrogen) atoms. The van der Waals surface area contributed by atoms with E-state index < -0.39 is 11.9 Å². The second-order valence-corrected chi connectivity index (χ2v) is 5.42. The number of aliphatic carboxylic acids is 1. The van der Waals surface area contributed by atoms with Crippen LogP contribution in [0.25, 0.3) is 11.1 Å². The predicted molar refractivity (Wildman–Crippen MR) is 79.5 cm³/mol. The number of aromatic nitrogens is 1. The van der Waals surface area contributed by atoms with E-state index in [1.165, 1.54) is 4.90 Å². The summed E-state index contributed by atoms with van der Waals surface area (Å²) >= 11 is 0. The van der Waals surface area contributed by atoms with Crippen LogP contribution in [0.1, 0.15) is 17.9 Å². The molecular weight excluding hydrogens is 284 g/mol. The van der Waals surface area contributed by atoms with Crippen LogP contribution in [0.15, 0.2) is 28.8 Å². The Balaban J connectivity index is 1.96. The molecule has 2 heterocycles. The zero-order valence-electron chi connectivity index (χ0n) is 12.4. The van der Waals surface area contributed by atoms with Gasteiger partial charge in [-0.25, -0.2) is 0 Å². The van der Waals surface area contributed by atoms with Crippen molar-refractivity contribution in [3.63, 3.8) is 0 Å². The largest absolute Gasteiger partial charge is 0.481 e. The fourth-order valence-corrected chi connectivity index (χ4v) is 2.89. The van der Waals surface area contributed by atoms with E-state index in [1.807, 2.05) is 38.1 Å². The summed E-state index contributed by atoms with van der Waals surface area (Å²) in [6, 6.07) is 7.45. The predicted octanol–water partition coefficient (Wildman–Crippen LogP) is 2.40. The highest BCUT2D eigenvalue weighted by Gasteiger charge is 2.37. The summed E-state index contributed by atoms with van der Waals surface area (Å²) in [6.07, 6.45) is 0.337. The van der Waals surface area contributed by atoms with Crippen molar-refractivity contribution in [2.45, 2.75) is 20.3 Å². The highest BCUT2D eigenvalue weighted by molar-refractivity contribution is 6.07. The van der Waals surface area contributed by atoms with E-state index in [2.05, 4.69) is 5.16 Å². The van der Waals surface area contributed by atoms with E-state index in [0.717, 1.165) is 16.8 Å². The molecule has 1 aliphatic rings. The van der Waals surface area contributed by atoms with Gasteiger partial charge in [-0.15, -0.1) is 0 Å². The molecule has 0 bridgehead atoms. The van der Waals surface area contributed by atoms with E-state index in [9.17, 15) is 9.59 Å². The highest BCUT2D eigenvalue weighted by atomic mass is 16.5. The first-order chi connectivity index (χ1) is 10.5. The maximum atomic E-state index is 12.2. The van der Waals surface area contributed by atoms with Crippen LogP contribution in [0.5, 0.6) is 0 Å². The normalized spacial score (nSPS) is 18.0. The molecule has 1 fully saturated rings. The summed E-state index contributed by atoms with van der Waals surface area (Å²) in [6.45, 7) is 4.12. The number of carboxylic acids is 1. The lowest BCUT2D eigenvalue weighted by Crippen LogP contribution is -2.30. The molecule has 114 valence electrons. The van der Waals surface area contributed by atoms with Crippen LogP contribution in [0.3, 0.4) is 0 Å². The van der Waals surface area contributed by atoms with Gasteiger partial charge in [0.15, 0.2) is 0 Å². The smallest absolute Gasteiger partial charge is 0.316 e. The second-order valence-electron chi connectivity index (χ2n) is 5.42. The lowest BCUT2D eigenvalue weighted by molar-refractivity contribution is -0.144. The van der Waals surface area contributed by atoms with Gasteiger partial charge in [0, 0.05) is 17.8 Å². The first-order valence-corrected chi connectivity index (χ1v) is 7.06. The molecule has 0 aliphatic carbocycles. The van der Waals surface area contributed by atoms with Crippen LogP contribution in [-0.2, 0) is 9.59 Å². The molecule has 2 aromatic rings. The third kappa shape index (κ3) is 2.26. The Labute approximate surface area is 127 Å². The molecule has 1 unspecified atom stereocenters. The van der Waals surface area contributed by atoms with Crippen molar-refractivity contribution < 1.29 is 19.2 Å². The van der Waals surface area contributed by atoms with Crippen molar-refractivity contribution in [2.75, 3.05) is 11.4 Å². The van der Waals surface area contributed by atoms with Gasteiger partial charge in [-0.2, -0.15) is 0 Å². The number of aryl methyl sites for hydroxylation is 2. The fourth-order valence-electron chi connectivity index (χ4n) is 2.89. The molecule has 1 amide bonds. The first-order valence-electron chi connectivity index (χ1n) is 7.06. The number of hydrogen-bond acceptors (Lipinski definition) is 4. The Bertz CT molecular complexity index is 731. The topological polar surface area (TPSA) is 83.6 Å². The van der Waals surface area contributed by atoms with Crippen LogP contribution in [0, 0.1) is 19.8 Å². The van der Waals surface area contributed by atoms with Gasteiger partial charge in [-0.1, -0.05) is 17.3 Å². The monoisotopic (exact) mass is 300 g/mol. The van der Waals surface area contributed by atoms with Crippen molar-refractivity contribution in [1.29, 1.82) is 0 Å². The number of carboxylic acid groups (broad SMARTS) is 1. The van der Waals surface area contributed by atoms with E-state index in [4.69, 9.17) is 9.63 Å². The number of hydrogen-bond donors (Lipinski definition) is 1. The SMILES string of the molecule is Cc1noc(C)c1-c1cccc(N2CCC(C(=O)O)C2=O)c1. The standard InChI is InChI=1S/C16H16N2O4/c1-9-14(10(2)22-17-9)11-4-3-5-12(8-11)18-7-6-13(15(18)19)16(20)21/h3-5,8,13H,6-7H2,1-2H3,(H,20,21). The van der Waals surface area contributed by atoms with Crippen molar-refractivity contribution in [2.24, 2.45) is 5.92 Å². The van der Waals surface area contributed by atoms with Crippen molar-refractivity contribution in [3.8, 4) is 11.1 Å². The Kier molecular flexibility index (Phi) is 3.44. The molecular formula is C16H16N2O4. The molecule has 6 nitrogen and oxygen atoms in total. The van der Waals surface area contributed by atoms with Gasteiger partial charge in [-0.05, 0) is 38.0 Å². The van der Waals surface area contributed by atoms with Gasteiger partial charge in [0.1, 0.15) is 11.7 Å². The molecule has 1 atom stereocenters. The van der Waals surface area contributed by atoms with Gasteiger partial charge < -0.3 is 14.5 Å². The molecule has 1 N–H and O–H groups in total. The van der Waals surface area contributed by atoms with Crippen LogP contribution in [0.4, 0.5) is 5.69 Å². The summed E-state index contributed by atoms with van der Waals surface area (Å²) in [5.74, 6) is -1.65. The Morgan fingerprint density at radius 1 is 1.41 bits per heavy atom. The Morgan fingerprint density at radius 2 is 2.18 bits per heavy atom. The van der Waals surface area contributed by atoms with E-state index >= 15 is 0 Å². The quantitative estimate of drug-likeness (QED) is 0.880. The lowest BCUT2D eigenvalue weighted by Gasteiger charge is -2.17. The minimum absolute atomic E-state index is 0.337. The van der Waals surface area contributed by atoms with Crippen molar-refractivity contribution in [1.82, 2.24) is 5.16 Å². The molecule has 1 aromatic heterocycles. The van der Waals surface area contributed by atoms with Gasteiger partial charge in [0.2, 0.25) is 5.91 Å². The highest BCUT2D eigenvalue weighted by Crippen LogP contribution is 2.32. The van der Waals surface area contributed by atoms with Crippen LogP contribution < -0.4 is 4.90 Å². The Morgan fingerprint density at radius 3 is 2.77 bits per heavy atom. The molecule has 1 saturated heterocycles. The third-order valence-corrected chi connectivity index (χ3v) is 3.98. The molecule has 0 spiro atoms. The van der Waals surface area contributed by atoms with Gasteiger partial charge >= 0.3 is 5.97 Å². The average molecular weight is 300 g/mol. The average Bonchev–Trinajstić information content (AvgIpc) is 3.02.